The zero-order valence-corrected chi connectivity index (χ0v) is 12.9. The van der Waals surface area contributed by atoms with Crippen LogP contribution in [-0.4, -0.2) is 33.5 Å². The van der Waals surface area contributed by atoms with Gasteiger partial charge in [-0.2, -0.15) is 18.2 Å². The van der Waals surface area contributed by atoms with Gasteiger partial charge in [0, 0.05) is 24.2 Å². The molecular formula is C15H14F3N5O2. The summed E-state index contributed by atoms with van der Waals surface area (Å²) in [6.45, 7) is 0.627. The van der Waals surface area contributed by atoms with E-state index in [0.29, 0.717) is 18.7 Å². The molecule has 10 heteroatoms. The minimum atomic E-state index is -4.67. The van der Waals surface area contributed by atoms with E-state index in [9.17, 15) is 22.8 Å². The molecule has 1 aromatic heterocycles. The van der Waals surface area contributed by atoms with Crippen molar-refractivity contribution in [2.24, 2.45) is 0 Å². The number of benzene rings is 1. The molecule has 0 radical (unpaired) electrons. The van der Waals surface area contributed by atoms with Gasteiger partial charge in [-0.05, 0) is 37.1 Å². The summed E-state index contributed by atoms with van der Waals surface area (Å²) in [4.78, 5) is 28.8. The molecule has 1 aliphatic rings. The van der Waals surface area contributed by atoms with Crippen molar-refractivity contribution in [3.05, 3.63) is 35.7 Å². The highest BCUT2D eigenvalue weighted by Gasteiger charge is 2.35. The van der Waals surface area contributed by atoms with Crippen LogP contribution in [0.3, 0.4) is 0 Å². The van der Waals surface area contributed by atoms with E-state index in [-0.39, 0.29) is 11.5 Å². The van der Waals surface area contributed by atoms with E-state index in [2.05, 4.69) is 15.4 Å². The molecule has 132 valence electrons. The molecule has 1 aliphatic heterocycles. The fourth-order valence-corrected chi connectivity index (χ4v) is 2.49. The van der Waals surface area contributed by atoms with Crippen molar-refractivity contribution in [3.8, 4) is 0 Å². The first-order chi connectivity index (χ1) is 11.8. The van der Waals surface area contributed by atoms with Crippen molar-refractivity contribution in [2.75, 3.05) is 16.8 Å². The number of aromatic amines is 1. The fraction of sp³-hybridized carbons (Fsp3) is 0.333. The Balaban J connectivity index is 1.68. The van der Waals surface area contributed by atoms with E-state index < -0.39 is 23.9 Å². The Morgan fingerprint density at radius 1 is 1.20 bits per heavy atom. The Hall–Kier alpha value is -2.91. The molecule has 1 fully saturated rings. The van der Waals surface area contributed by atoms with Crippen LogP contribution in [0, 0.1) is 0 Å². The maximum Gasteiger partial charge on any atom is 0.451 e. The largest absolute Gasteiger partial charge is 0.451 e. The Morgan fingerprint density at radius 2 is 1.92 bits per heavy atom. The monoisotopic (exact) mass is 353 g/mol. The number of hydrogen-bond donors (Lipinski definition) is 2. The highest BCUT2D eigenvalue weighted by atomic mass is 19.4. The summed E-state index contributed by atoms with van der Waals surface area (Å²) in [6.07, 6.45) is -2.39. The number of alkyl halides is 3. The topological polar surface area (TPSA) is 91.0 Å². The fourth-order valence-electron chi connectivity index (χ4n) is 2.49. The molecule has 0 aliphatic carbocycles. The lowest BCUT2D eigenvalue weighted by Crippen LogP contribution is -2.35. The van der Waals surface area contributed by atoms with Crippen molar-refractivity contribution >= 4 is 23.5 Å². The summed E-state index contributed by atoms with van der Waals surface area (Å²) >= 11 is 0. The molecule has 7 nitrogen and oxygen atoms in total. The van der Waals surface area contributed by atoms with Crippen LogP contribution in [-0.2, 0) is 11.0 Å². The zero-order chi connectivity index (χ0) is 18.0. The van der Waals surface area contributed by atoms with Crippen LogP contribution in [0.2, 0.25) is 0 Å². The van der Waals surface area contributed by atoms with Gasteiger partial charge in [-0.15, -0.1) is 5.10 Å². The van der Waals surface area contributed by atoms with Crippen LogP contribution in [0.4, 0.5) is 24.8 Å². The number of H-pyrrole nitrogens is 1. The van der Waals surface area contributed by atoms with Gasteiger partial charge in [0.05, 0.1) is 0 Å². The first kappa shape index (κ1) is 16.9. The lowest BCUT2D eigenvalue weighted by Gasteiger charge is -2.26. The van der Waals surface area contributed by atoms with Gasteiger partial charge in [-0.25, -0.2) is 0 Å². The van der Waals surface area contributed by atoms with Gasteiger partial charge in [0.2, 0.25) is 17.7 Å². The van der Waals surface area contributed by atoms with Crippen molar-refractivity contribution in [1.82, 2.24) is 15.2 Å². The molecule has 3 rings (SSSR count). The number of anilines is 2. The number of carbonyl (C=O) groups is 2. The van der Waals surface area contributed by atoms with Crippen LogP contribution in [0.5, 0.6) is 0 Å². The minimum absolute atomic E-state index is 0.0313. The third kappa shape index (κ3) is 3.78. The summed E-state index contributed by atoms with van der Waals surface area (Å²) in [5.41, 5.74) is 0.894. The number of carbonyl (C=O) groups excluding carboxylic acids is 2. The molecule has 1 aromatic carbocycles. The molecule has 0 atom stereocenters. The molecule has 2 heterocycles. The Bertz CT molecular complexity index is 785. The van der Waals surface area contributed by atoms with Crippen molar-refractivity contribution < 1.29 is 22.8 Å². The van der Waals surface area contributed by atoms with Crippen molar-refractivity contribution in [1.29, 1.82) is 0 Å². The third-order valence-electron chi connectivity index (χ3n) is 3.74. The highest BCUT2D eigenvalue weighted by molar-refractivity contribution is 6.03. The second kappa shape index (κ2) is 6.54. The van der Waals surface area contributed by atoms with Gasteiger partial charge < -0.3 is 4.90 Å². The molecule has 0 bridgehead atoms. The van der Waals surface area contributed by atoms with Gasteiger partial charge in [-0.1, -0.05) is 0 Å². The molecule has 1 saturated heterocycles. The normalized spacial score (nSPS) is 15.3. The van der Waals surface area contributed by atoms with Gasteiger partial charge >= 0.3 is 6.18 Å². The van der Waals surface area contributed by atoms with Crippen molar-refractivity contribution in [3.63, 3.8) is 0 Å². The molecular weight excluding hydrogens is 339 g/mol. The molecule has 2 aromatic rings. The third-order valence-corrected chi connectivity index (χ3v) is 3.74. The van der Waals surface area contributed by atoms with Crippen LogP contribution in [0.15, 0.2) is 24.3 Å². The Morgan fingerprint density at radius 3 is 2.52 bits per heavy atom. The van der Waals surface area contributed by atoms with Gasteiger partial charge in [0.1, 0.15) is 0 Å². The number of nitrogens with one attached hydrogen (secondary N) is 2. The van der Waals surface area contributed by atoms with E-state index in [1.54, 1.807) is 22.1 Å². The lowest BCUT2D eigenvalue weighted by atomic mass is 10.1. The minimum Gasteiger partial charge on any atom is -0.312 e. The van der Waals surface area contributed by atoms with Crippen molar-refractivity contribution in [2.45, 2.75) is 25.4 Å². The van der Waals surface area contributed by atoms with Crippen LogP contribution in [0.1, 0.15) is 35.4 Å². The Labute approximate surface area is 140 Å². The van der Waals surface area contributed by atoms with E-state index in [4.69, 9.17) is 0 Å². The molecule has 2 N–H and O–H groups in total. The number of aromatic nitrogens is 3. The number of amides is 2. The van der Waals surface area contributed by atoms with E-state index >= 15 is 0 Å². The SMILES string of the molecule is O=C(Nc1n[nH]c(C(F)(F)F)n1)c1ccc(N2CCCCC2=O)cc1. The first-order valence-corrected chi connectivity index (χ1v) is 7.56. The van der Waals surface area contributed by atoms with Gasteiger partial charge in [-0.3, -0.25) is 20.0 Å². The number of rotatable bonds is 3. The van der Waals surface area contributed by atoms with Gasteiger partial charge in [0.25, 0.3) is 5.91 Å². The van der Waals surface area contributed by atoms with Gasteiger partial charge in [0.15, 0.2) is 0 Å². The van der Waals surface area contributed by atoms with E-state index in [0.717, 1.165) is 12.8 Å². The zero-order valence-electron chi connectivity index (χ0n) is 12.9. The smallest absolute Gasteiger partial charge is 0.312 e. The lowest BCUT2D eigenvalue weighted by molar-refractivity contribution is -0.144. The van der Waals surface area contributed by atoms with Crippen LogP contribution >= 0.6 is 0 Å². The highest BCUT2D eigenvalue weighted by Crippen LogP contribution is 2.26. The predicted molar refractivity (Wildman–Crippen MR) is 82.0 cm³/mol. The second-order valence-corrected chi connectivity index (χ2v) is 5.51. The molecule has 0 unspecified atom stereocenters. The Kier molecular flexibility index (Phi) is 4.43. The summed E-state index contributed by atoms with van der Waals surface area (Å²) in [5, 5.41) is 7.21. The number of halogens is 3. The quantitative estimate of drug-likeness (QED) is 0.887. The number of nitrogens with zero attached hydrogens (tertiary/aromatic N) is 3. The van der Waals surface area contributed by atoms with Crippen LogP contribution in [0.25, 0.3) is 0 Å². The maximum atomic E-state index is 12.4. The summed E-state index contributed by atoms with van der Waals surface area (Å²) < 4.78 is 37.3. The van der Waals surface area contributed by atoms with E-state index in [1.165, 1.54) is 12.1 Å². The molecule has 25 heavy (non-hydrogen) atoms. The summed E-state index contributed by atoms with van der Waals surface area (Å²) in [7, 11) is 0. The summed E-state index contributed by atoms with van der Waals surface area (Å²) in [5.74, 6) is -2.37. The average Bonchev–Trinajstić information content (AvgIpc) is 3.04. The first-order valence-electron chi connectivity index (χ1n) is 7.56. The predicted octanol–water partition coefficient (Wildman–Crippen LogP) is 2.59. The average molecular weight is 353 g/mol. The maximum absolute atomic E-state index is 12.4. The number of piperidine rings is 1. The van der Waals surface area contributed by atoms with Crippen LogP contribution < -0.4 is 10.2 Å². The standard InChI is InChI=1S/C15H14F3N5O2/c16-15(17,18)13-20-14(22-21-13)19-12(25)9-4-6-10(7-5-9)23-8-2-1-3-11(23)24/h4-7H,1-3,8H2,(H2,19,20,21,22,25). The second-order valence-electron chi connectivity index (χ2n) is 5.51. The van der Waals surface area contributed by atoms with E-state index in [1.807, 2.05) is 0 Å². The number of hydrogen-bond acceptors (Lipinski definition) is 4. The molecule has 0 saturated carbocycles. The molecule has 2 amide bonds. The summed E-state index contributed by atoms with van der Waals surface area (Å²) in [6, 6.07) is 6.22. The molecule has 0 spiro atoms.